The van der Waals surface area contributed by atoms with Gasteiger partial charge in [0.25, 0.3) is 5.91 Å². The monoisotopic (exact) mass is 454 g/mol. The zero-order valence-corrected chi connectivity index (χ0v) is 19.0. The standard InChI is InChI=1S/C22H26N6O3S/c1-14-19(32-15(2)25-14)22(30)28-11-4-6-16(7-10-24-18(29)8-12-28)21-26-20(27-31-21)17-5-3-9-23-13-17/h3,5,9,13,16H,4,6-8,10-12H2,1-2H3,(H,24,29). The third-order valence-electron chi connectivity index (χ3n) is 5.50. The zero-order valence-electron chi connectivity index (χ0n) is 18.2. The Morgan fingerprint density at radius 1 is 1.25 bits per heavy atom. The van der Waals surface area contributed by atoms with E-state index in [2.05, 4.69) is 25.4 Å². The molecular formula is C22H26N6O3S. The van der Waals surface area contributed by atoms with E-state index in [1.54, 1.807) is 17.3 Å². The summed E-state index contributed by atoms with van der Waals surface area (Å²) in [6, 6.07) is 3.71. The molecule has 0 aromatic carbocycles. The second kappa shape index (κ2) is 9.99. The lowest BCUT2D eigenvalue weighted by Gasteiger charge is -2.22. The fourth-order valence-corrected chi connectivity index (χ4v) is 4.72. The first-order chi connectivity index (χ1) is 15.5. The van der Waals surface area contributed by atoms with E-state index in [4.69, 9.17) is 4.52 Å². The Balaban J connectivity index is 1.49. The van der Waals surface area contributed by atoms with Gasteiger partial charge < -0.3 is 14.7 Å². The first-order valence-electron chi connectivity index (χ1n) is 10.7. The molecule has 9 nitrogen and oxygen atoms in total. The molecule has 1 aliphatic heterocycles. The van der Waals surface area contributed by atoms with E-state index < -0.39 is 0 Å². The van der Waals surface area contributed by atoms with Crippen LogP contribution in [0.5, 0.6) is 0 Å². The quantitative estimate of drug-likeness (QED) is 0.647. The average molecular weight is 455 g/mol. The van der Waals surface area contributed by atoms with Gasteiger partial charge in [0.1, 0.15) is 4.88 Å². The summed E-state index contributed by atoms with van der Waals surface area (Å²) in [5.74, 6) is 0.912. The largest absolute Gasteiger partial charge is 0.356 e. The van der Waals surface area contributed by atoms with Crippen molar-refractivity contribution in [1.82, 2.24) is 30.3 Å². The Kier molecular flexibility index (Phi) is 6.89. The molecule has 168 valence electrons. The number of hydrogen-bond acceptors (Lipinski definition) is 8. The second-order valence-corrected chi connectivity index (χ2v) is 9.07. The Morgan fingerprint density at radius 2 is 2.12 bits per heavy atom. The van der Waals surface area contributed by atoms with Crippen molar-refractivity contribution >= 4 is 23.2 Å². The first-order valence-corrected chi connectivity index (χ1v) is 11.6. The summed E-state index contributed by atoms with van der Waals surface area (Å²) in [6.45, 7) is 5.21. The second-order valence-electron chi connectivity index (χ2n) is 7.87. The Bertz CT molecular complexity index is 1080. The van der Waals surface area contributed by atoms with Crippen LogP contribution in [0.1, 0.15) is 57.9 Å². The minimum Gasteiger partial charge on any atom is -0.356 e. The number of pyridine rings is 1. The van der Waals surface area contributed by atoms with Gasteiger partial charge in [0, 0.05) is 49.9 Å². The SMILES string of the molecule is Cc1nc(C)c(C(=O)N2CCCC(c3nc(-c4cccnc4)no3)CCNC(=O)CC2)s1. The number of carbonyl (C=O) groups is 2. The molecule has 2 amide bonds. The fourth-order valence-electron chi connectivity index (χ4n) is 3.83. The van der Waals surface area contributed by atoms with Crippen molar-refractivity contribution in [3.8, 4) is 11.4 Å². The van der Waals surface area contributed by atoms with Crippen molar-refractivity contribution in [2.24, 2.45) is 0 Å². The van der Waals surface area contributed by atoms with Gasteiger partial charge in [0.05, 0.1) is 10.7 Å². The van der Waals surface area contributed by atoms with E-state index in [9.17, 15) is 9.59 Å². The van der Waals surface area contributed by atoms with E-state index in [0.717, 1.165) is 29.1 Å². The number of carbonyl (C=O) groups excluding carboxylic acids is 2. The molecule has 3 aromatic heterocycles. The number of aromatic nitrogens is 4. The lowest BCUT2D eigenvalue weighted by molar-refractivity contribution is -0.121. The lowest BCUT2D eigenvalue weighted by atomic mass is 9.99. The average Bonchev–Trinajstić information content (AvgIpc) is 3.40. The normalized spacial score (nSPS) is 18.1. The third-order valence-corrected chi connectivity index (χ3v) is 6.56. The predicted octanol–water partition coefficient (Wildman–Crippen LogP) is 3.12. The van der Waals surface area contributed by atoms with Crippen LogP contribution in [-0.4, -0.2) is 56.5 Å². The molecule has 1 fully saturated rings. The van der Waals surface area contributed by atoms with E-state index in [0.29, 0.717) is 42.6 Å². The Morgan fingerprint density at radius 3 is 2.88 bits per heavy atom. The van der Waals surface area contributed by atoms with E-state index >= 15 is 0 Å². The molecule has 1 aliphatic rings. The highest BCUT2D eigenvalue weighted by Gasteiger charge is 2.25. The molecule has 0 bridgehead atoms. The number of hydrogen-bond donors (Lipinski definition) is 1. The van der Waals surface area contributed by atoms with Crippen molar-refractivity contribution in [3.05, 3.63) is 46.0 Å². The van der Waals surface area contributed by atoms with Gasteiger partial charge in [-0.3, -0.25) is 14.6 Å². The van der Waals surface area contributed by atoms with Crippen LogP contribution in [0.3, 0.4) is 0 Å². The van der Waals surface area contributed by atoms with E-state index in [-0.39, 0.29) is 24.2 Å². The number of aryl methyl sites for hydroxylation is 2. The smallest absolute Gasteiger partial charge is 0.265 e. The topological polar surface area (TPSA) is 114 Å². The van der Waals surface area contributed by atoms with Crippen LogP contribution >= 0.6 is 11.3 Å². The molecule has 1 saturated heterocycles. The summed E-state index contributed by atoms with van der Waals surface area (Å²) in [6.07, 6.45) is 5.90. The maximum absolute atomic E-state index is 13.1. The highest BCUT2D eigenvalue weighted by Crippen LogP contribution is 2.27. The van der Waals surface area contributed by atoms with Crippen LogP contribution < -0.4 is 5.32 Å². The highest BCUT2D eigenvalue weighted by molar-refractivity contribution is 7.13. The summed E-state index contributed by atoms with van der Waals surface area (Å²) in [5, 5.41) is 7.91. The molecule has 32 heavy (non-hydrogen) atoms. The number of rotatable bonds is 3. The minimum absolute atomic E-state index is 0.00402. The van der Waals surface area contributed by atoms with Gasteiger partial charge >= 0.3 is 0 Å². The van der Waals surface area contributed by atoms with Crippen LogP contribution in [0, 0.1) is 13.8 Å². The lowest BCUT2D eigenvalue weighted by Crippen LogP contribution is -2.35. The third kappa shape index (κ3) is 5.18. The first kappa shape index (κ1) is 22.1. The fraction of sp³-hybridized carbons (Fsp3) is 0.455. The van der Waals surface area contributed by atoms with Crippen LogP contribution in [-0.2, 0) is 4.79 Å². The van der Waals surface area contributed by atoms with Crippen molar-refractivity contribution in [3.63, 3.8) is 0 Å². The van der Waals surface area contributed by atoms with Gasteiger partial charge in [-0.05, 0) is 45.2 Å². The molecule has 0 aliphatic carbocycles. The molecule has 3 aromatic rings. The summed E-state index contributed by atoms with van der Waals surface area (Å²) in [7, 11) is 0. The highest BCUT2D eigenvalue weighted by atomic mass is 32.1. The molecule has 10 heteroatoms. The van der Waals surface area contributed by atoms with Gasteiger partial charge in [0.15, 0.2) is 0 Å². The minimum atomic E-state index is -0.0674. The van der Waals surface area contributed by atoms with Crippen molar-refractivity contribution in [2.45, 2.75) is 45.4 Å². The molecule has 4 heterocycles. The van der Waals surface area contributed by atoms with Crippen molar-refractivity contribution < 1.29 is 14.1 Å². The maximum atomic E-state index is 13.1. The van der Waals surface area contributed by atoms with Crippen molar-refractivity contribution in [2.75, 3.05) is 19.6 Å². The zero-order chi connectivity index (χ0) is 22.5. The van der Waals surface area contributed by atoms with Crippen LogP contribution in [0.25, 0.3) is 11.4 Å². The van der Waals surface area contributed by atoms with E-state index in [1.807, 2.05) is 26.0 Å². The molecule has 0 saturated carbocycles. The van der Waals surface area contributed by atoms with Gasteiger partial charge in [-0.2, -0.15) is 4.98 Å². The summed E-state index contributed by atoms with van der Waals surface area (Å²) < 4.78 is 5.56. The molecule has 0 spiro atoms. The van der Waals surface area contributed by atoms with Crippen LogP contribution in [0.4, 0.5) is 0 Å². The molecular weight excluding hydrogens is 428 g/mol. The van der Waals surface area contributed by atoms with Crippen LogP contribution in [0.15, 0.2) is 29.0 Å². The number of thiazole rings is 1. The molecule has 1 atom stereocenters. The molecule has 4 rings (SSSR count). The summed E-state index contributed by atoms with van der Waals surface area (Å²) in [4.78, 5) is 40.9. The van der Waals surface area contributed by atoms with Crippen molar-refractivity contribution in [1.29, 1.82) is 0 Å². The number of nitrogens with one attached hydrogen (secondary N) is 1. The van der Waals surface area contributed by atoms with Gasteiger partial charge in [-0.1, -0.05) is 5.16 Å². The molecule has 1 unspecified atom stereocenters. The maximum Gasteiger partial charge on any atom is 0.265 e. The number of nitrogens with zero attached hydrogens (tertiary/aromatic N) is 5. The van der Waals surface area contributed by atoms with Gasteiger partial charge in [-0.25, -0.2) is 4.98 Å². The van der Waals surface area contributed by atoms with Gasteiger partial charge in [-0.15, -0.1) is 11.3 Å². The van der Waals surface area contributed by atoms with E-state index in [1.165, 1.54) is 11.3 Å². The summed E-state index contributed by atoms with van der Waals surface area (Å²) >= 11 is 1.40. The van der Waals surface area contributed by atoms with Crippen LogP contribution in [0.2, 0.25) is 0 Å². The molecule has 1 N–H and O–H groups in total. The number of amides is 2. The Labute approximate surface area is 190 Å². The Hall–Kier alpha value is -3.14. The summed E-state index contributed by atoms with van der Waals surface area (Å²) in [5.41, 5.74) is 1.53. The predicted molar refractivity (Wildman–Crippen MR) is 119 cm³/mol. The molecule has 0 radical (unpaired) electrons. The van der Waals surface area contributed by atoms with Gasteiger partial charge in [0.2, 0.25) is 17.6 Å².